The van der Waals surface area contributed by atoms with E-state index < -0.39 is 4.87 Å². The molecule has 53 heavy (non-hydrogen) atoms. The van der Waals surface area contributed by atoms with Crippen molar-refractivity contribution >= 4 is 45.7 Å². The van der Waals surface area contributed by atoms with E-state index in [4.69, 9.17) is 9.72 Å². The first-order chi connectivity index (χ1) is 25.7. The largest absolute Gasteiger partial charge is 0.487 e. The van der Waals surface area contributed by atoms with E-state index in [0.29, 0.717) is 55.5 Å². The first-order valence-electron chi connectivity index (χ1n) is 18.0. The Hall–Kier alpha value is -5.28. The number of nitrogens with one attached hydrogen (secondary N) is 2. The van der Waals surface area contributed by atoms with E-state index in [-0.39, 0.29) is 18.6 Å². The third kappa shape index (κ3) is 7.22. The number of pyridine rings is 1. The molecule has 1 aliphatic carbocycles. The van der Waals surface area contributed by atoms with Gasteiger partial charge >= 0.3 is 4.87 Å². The van der Waals surface area contributed by atoms with Gasteiger partial charge in [-0.05, 0) is 67.0 Å². The topological polar surface area (TPSA) is 140 Å². The number of hydrogen-bond acceptors (Lipinski definition) is 10. The van der Waals surface area contributed by atoms with Gasteiger partial charge < -0.3 is 14.5 Å². The number of nitroso groups, excluding NO2 is 1. The molecule has 5 heterocycles. The second-order valence-corrected chi connectivity index (χ2v) is 15.4. The summed E-state index contributed by atoms with van der Waals surface area (Å²) in [5.74, 6) is 2.30. The van der Waals surface area contributed by atoms with Gasteiger partial charge in [0.25, 0.3) is 0 Å². The van der Waals surface area contributed by atoms with Crippen molar-refractivity contribution in [1.82, 2.24) is 39.7 Å². The maximum absolute atomic E-state index is 13.8. The molecule has 1 atom stereocenters. The van der Waals surface area contributed by atoms with Gasteiger partial charge in [0, 0.05) is 58.1 Å². The van der Waals surface area contributed by atoms with Crippen molar-refractivity contribution in [3.63, 3.8) is 0 Å². The van der Waals surface area contributed by atoms with Crippen LogP contribution in [-0.2, 0) is 11.8 Å². The van der Waals surface area contributed by atoms with Crippen LogP contribution < -0.4 is 15.1 Å². The van der Waals surface area contributed by atoms with Crippen molar-refractivity contribution in [3.8, 4) is 28.5 Å². The van der Waals surface area contributed by atoms with Gasteiger partial charge in [-0.3, -0.25) is 19.5 Å². The van der Waals surface area contributed by atoms with Crippen molar-refractivity contribution in [1.29, 1.82) is 0 Å². The molecule has 0 radical (unpaired) electrons. The summed E-state index contributed by atoms with van der Waals surface area (Å²) in [5, 5.41) is 12.9. The molecule has 3 aliphatic rings. The van der Waals surface area contributed by atoms with E-state index in [9.17, 15) is 9.70 Å². The normalized spacial score (nSPS) is 19.0. The van der Waals surface area contributed by atoms with E-state index in [1.165, 1.54) is 17.3 Å². The van der Waals surface area contributed by atoms with E-state index in [1.54, 1.807) is 11.0 Å². The van der Waals surface area contributed by atoms with Crippen LogP contribution in [-0.4, -0.2) is 115 Å². The first-order valence-corrected chi connectivity index (χ1v) is 19.2. The van der Waals surface area contributed by atoms with Crippen LogP contribution in [0.25, 0.3) is 39.3 Å². The van der Waals surface area contributed by atoms with Gasteiger partial charge in [-0.15, -0.1) is 5.43 Å². The molecule has 0 unspecified atom stereocenters. The summed E-state index contributed by atoms with van der Waals surface area (Å²) in [6, 6.07) is 17.9. The SMILES string of the molecule is CS[C@@]1([N+](=O)Nc2ccc3[nH]nc(-c4ccc(OC5CC5)c(N(C)C)n4)c3c2)CCN(CC(=O)N2CC=C(c3ccc(-c4ncn(C)n4)cc3)CC2)C1. The number of thioether (sulfide) groups is 1. The molecule has 2 N–H and O–H groups in total. The van der Waals surface area contributed by atoms with Crippen LogP contribution >= 0.6 is 11.8 Å². The molecular weight excluding hydrogens is 691 g/mol. The van der Waals surface area contributed by atoms with Crippen LogP contribution in [0.4, 0.5) is 11.5 Å². The van der Waals surface area contributed by atoms with Gasteiger partial charge in [0.1, 0.15) is 22.6 Å². The molecular formula is C38H44N11O3S+. The Kier molecular flexibility index (Phi) is 9.37. The Bertz CT molecular complexity index is 2190. The number of fused-ring (bicyclic) bond motifs is 1. The van der Waals surface area contributed by atoms with Gasteiger partial charge in [0.15, 0.2) is 17.4 Å². The van der Waals surface area contributed by atoms with Gasteiger partial charge in [0.2, 0.25) is 5.91 Å². The van der Waals surface area contributed by atoms with Crippen LogP contribution in [0.5, 0.6) is 5.75 Å². The molecule has 15 heteroatoms. The number of ether oxygens (including phenoxy) is 1. The number of aryl methyl sites for hydroxylation is 1. The highest BCUT2D eigenvalue weighted by molar-refractivity contribution is 7.99. The molecule has 1 amide bonds. The summed E-state index contributed by atoms with van der Waals surface area (Å²) in [5.41, 5.74) is 9.36. The number of amides is 1. The lowest BCUT2D eigenvalue weighted by molar-refractivity contribution is -0.568. The highest BCUT2D eigenvalue weighted by atomic mass is 32.2. The Labute approximate surface area is 312 Å². The van der Waals surface area contributed by atoms with Crippen LogP contribution in [0.15, 0.2) is 67.0 Å². The number of hydrazine groups is 1. The number of aromatic amines is 1. The van der Waals surface area contributed by atoms with E-state index in [2.05, 4.69) is 48.8 Å². The highest BCUT2D eigenvalue weighted by Crippen LogP contribution is 2.37. The van der Waals surface area contributed by atoms with E-state index in [1.807, 2.05) is 79.7 Å². The smallest absolute Gasteiger partial charge is 0.302 e. The molecule has 1 saturated heterocycles. The maximum Gasteiger partial charge on any atom is 0.302 e. The highest BCUT2D eigenvalue weighted by Gasteiger charge is 2.52. The molecule has 14 nitrogen and oxygen atoms in total. The van der Waals surface area contributed by atoms with Gasteiger partial charge in [-0.1, -0.05) is 42.1 Å². The van der Waals surface area contributed by atoms with Gasteiger partial charge in [-0.25, -0.2) is 9.97 Å². The van der Waals surface area contributed by atoms with Crippen molar-refractivity contribution in [2.75, 3.05) is 63.4 Å². The average Bonchev–Trinajstić information content (AvgIpc) is 3.50. The molecule has 274 valence electrons. The number of likely N-dealkylation sites (tertiary alicyclic amines) is 1. The van der Waals surface area contributed by atoms with Gasteiger partial charge in [0.05, 0.1) is 35.3 Å². The van der Waals surface area contributed by atoms with Crippen LogP contribution in [0.3, 0.4) is 0 Å². The number of aromatic nitrogens is 6. The lowest BCUT2D eigenvalue weighted by atomic mass is 9.98. The molecule has 2 fully saturated rings. The number of carbonyl (C=O) groups excluding carboxylic acids is 1. The predicted molar refractivity (Wildman–Crippen MR) is 207 cm³/mol. The summed E-state index contributed by atoms with van der Waals surface area (Å²) in [4.78, 5) is 42.7. The summed E-state index contributed by atoms with van der Waals surface area (Å²) < 4.78 is 7.78. The molecule has 2 aromatic carbocycles. The Morgan fingerprint density at radius 2 is 1.92 bits per heavy atom. The second kappa shape index (κ2) is 14.3. The minimum atomic E-state index is -0.750. The zero-order valence-corrected chi connectivity index (χ0v) is 31.3. The molecule has 0 bridgehead atoms. The van der Waals surface area contributed by atoms with Crippen molar-refractivity contribution in [3.05, 3.63) is 77.5 Å². The van der Waals surface area contributed by atoms with E-state index in [0.717, 1.165) is 57.7 Å². The molecule has 5 aromatic rings. The fraction of sp³-hybridized carbons (Fsp3) is 0.395. The molecule has 3 aromatic heterocycles. The second-order valence-electron chi connectivity index (χ2n) is 14.2. The minimum Gasteiger partial charge on any atom is -0.487 e. The average molecular weight is 735 g/mol. The summed E-state index contributed by atoms with van der Waals surface area (Å²) in [7, 11) is 5.76. The minimum absolute atomic E-state index is 0.0790. The number of H-pyrrole nitrogens is 1. The van der Waals surface area contributed by atoms with E-state index >= 15 is 0 Å². The number of hydrogen-bond donors (Lipinski definition) is 2. The fourth-order valence-corrected chi connectivity index (χ4v) is 7.81. The summed E-state index contributed by atoms with van der Waals surface area (Å²) in [6.07, 6.45) is 9.61. The number of benzene rings is 2. The maximum atomic E-state index is 13.8. The Morgan fingerprint density at radius 3 is 2.62 bits per heavy atom. The first kappa shape index (κ1) is 34.8. The third-order valence-corrected chi connectivity index (χ3v) is 11.4. The Morgan fingerprint density at radius 1 is 1.11 bits per heavy atom. The van der Waals surface area contributed by atoms with Gasteiger partial charge in [-0.2, -0.15) is 10.2 Å². The number of nitrogens with zero attached hydrogens (tertiary/aromatic N) is 9. The van der Waals surface area contributed by atoms with Crippen molar-refractivity contribution in [2.45, 2.75) is 36.7 Å². The molecule has 8 rings (SSSR count). The lowest BCUT2D eigenvalue weighted by Gasteiger charge is -2.28. The van der Waals surface area contributed by atoms with Crippen LogP contribution in [0, 0.1) is 4.91 Å². The predicted octanol–water partition coefficient (Wildman–Crippen LogP) is 5.21. The van der Waals surface area contributed by atoms with Crippen LogP contribution in [0.2, 0.25) is 0 Å². The number of anilines is 2. The Balaban J connectivity index is 0.894. The molecule has 1 saturated carbocycles. The standard InChI is InChI=1S/C38H44N11O3S/c1-45(2)37-33(52-29-10-11-29)14-13-32(40-37)35-30-21-28(9-12-31(30)41-42-35)43-49(51)38(53-4)17-20-47(23-38)22-34(50)48-18-15-26(16-19-48)25-5-7-27(8-6-25)36-39-24-46(3)44-36/h5-9,12-15,21,24,29H,10-11,16-20,22-23H2,1-4H3,(H,41,42)(H,43,51)/q+1/t38-/m0/s1. The lowest BCUT2D eigenvalue weighted by Crippen LogP contribution is -2.46. The number of carbonyl (C=O) groups is 1. The van der Waals surface area contributed by atoms with Crippen LogP contribution in [0.1, 0.15) is 31.2 Å². The zero-order valence-electron chi connectivity index (χ0n) is 30.5. The monoisotopic (exact) mass is 734 g/mol. The molecule has 2 aliphatic heterocycles. The summed E-state index contributed by atoms with van der Waals surface area (Å²) >= 11 is 1.51. The number of rotatable bonds is 12. The van der Waals surface area contributed by atoms with Crippen molar-refractivity contribution in [2.24, 2.45) is 7.05 Å². The summed E-state index contributed by atoms with van der Waals surface area (Å²) in [6.45, 7) is 2.63. The molecule has 0 spiro atoms. The zero-order chi connectivity index (χ0) is 36.7. The quantitative estimate of drug-likeness (QED) is 0.0992. The van der Waals surface area contributed by atoms with Crippen molar-refractivity contribution < 1.29 is 14.4 Å². The fourth-order valence-electron chi connectivity index (χ4n) is 6.99. The third-order valence-electron chi connectivity index (χ3n) is 10.2.